The summed E-state index contributed by atoms with van der Waals surface area (Å²) in [6.45, 7) is 11.8. The Kier molecular flexibility index (Phi) is 4.58. The second-order valence-corrected chi connectivity index (χ2v) is 7.96. The molecule has 2 aromatic rings. The fourth-order valence-corrected chi connectivity index (χ4v) is 5.04. The summed E-state index contributed by atoms with van der Waals surface area (Å²) in [5.74, 6) is 0.164. The quantitative estimate of drug-likeness (QED) is 0.899. The Morgan fingerprint density at radius 2 is 2.04 bits per heavy atom. The third kappa shape index (κ3) is 2.88. The molecule has 1 saturated heterocycles. The third-order valence-electron chi connectivity index (χ3n) is 6.45. The molecular weight excluding hydrogens is 340 g/mol. The van der Waals surface area contributed by atoms with Gasteiger partial charge in [-0.1, -0.05) is 6.92 Å². The van der Waals surface area contributed by atoms with Crippen LogP contribution in [0.15, 0.2) is 12.4 Å². The molecular formula is C20H30N6O. The third-order valence-corrected chi connectivity index (χ3v) is 6.45. The second kappa shape index (κ2) is 6.78. The van der Waals surface area contributed by atoms with Crippen LogP contribution >= 0.6 is 0 Å². The number of hydrogen-bond donors (Lipinski definition) is 1. The molecule has 1 unspecified atom stereocenters. The van der Waals surface area contributed by atoms with Crippen molar-refractivity contribution in [1.29, 1.82) is 0 Å². The van der Waals surface area contributed by atoms with Gasteiger partial charge in [0.05, 0.1) is 23.3 Å². The normalized spacial score (nSPS) is 20.7. The number of H-pyrrole nitrogens is 1. The number of amides is 1. The molecule has 1 amide bonds. The van der Waals surface area contributed by atoms with Gasteiger partial charge in [-0.3, -0.25) is 14.4 Å². The van der Waals surface area contributed by atoms with Crippen molar-refractivity contribution < 1.29 is 4.79 Å². The van der Waals surface area contributed by atoms with Gasteiger partial charge in [0.2, 0.25) is 5.91 Å². The highest BCUT2D eigenvalue weighted by molar-refractivity contribution is 5.80. The summed E-state index contributed by atoms with van der Waals surface area (Å²) in [4.78, 5) is 25.7. The molecule has 2 aliphatic rings. The molecule has 1 fully saturated rings. The van der Waals surface area contributed by atoms with Gasteiger partial charge in [-0.2, -0.15) is 5.10 Å². The molecule has 0 aromatic carbocycles. The lowest BCUT2D eigenvalue weighted by Gasteiger charge is -2.50. The zero-order valence-corrected chi connectivity index (χ0v) is 16.8. The van der Waals surface area contributed by atoms with Gasteiger partial charge >= 0.3 is 0 Å². The summed E-state index contributed by atoms with van der Waals surface area (Å²) in [7, 11) is 0. The number of aromatic amines is 1. The Labute approximate surface area is 160 Å². The molecule has 1 N–H and O–H groups in total. The van der Waals surface area contributed by atoms with E-state index in [1.807, 2.05) is 42.7 Å². The van der Waals surface area contributed by atoms with Crippen molar-refractivity contribution in [3.05, 3.63) is 35.2 Å². The molecule has 2 aliphatic heterocycles. The largest absolute Gasteiger partial charge is 0.348 e. The van der Waals surface area contributed by atoms with E-state index in [4.69, 9.17) is 0 Å². The van der Waals surface area contributed by atoms with E-state index in [2.05, 4.69) is 26.9 Å². The Hall–Kier alpha value is -2.15. The molecule has 7 heteroatoms. The van der Waals surface area contributed by atoms with E-state index < -0.39 is 0 Å². The smallest absolute Gasteiger partial charge is 0.247 e. The first kappa shape index (κ1) is 18.2. The van der Waals surface area contributed by atoms with E-state index in [1.54, 1.807) is 0 Å². The van der Waals surface area contributed by atoms with Crippen LogP contribution in [-0.4, -0.2) is 61.6 Å². The van der Waals surface area contributed by atoms with Gasteiger partial charge in [-0.25, -0.2) is 4.98 Å². The van der Waals surface area contributed by atoms with Crippen molar-refractivity contribution >= 4 is 5.91 Å². The van der Waals surface area contributed by atoms with Gasteiger partial charge in [0.15, 0.2) is 0 Å². The number of rotatable bonds is 3. The maximum atomic E-state index is 13.1. The highest BCUT2D eigenvalue weighted by Gasteiger charge is 2.46. The number of nitrogens with one attached hydrogen (secondary N) is 1. The van der Waals surface area contributed by atoms with Gasteiger partial charge < -0.3 is 9.88 Å². The van der Waals surface area contributed by atoms with Crippen molar-refractivity contribution in [3.63, 3.8) is 0 Å². The number of carbonyl (C=O) groups is 1. The number of aryl methyl sites for hydroxylation is 2. The van der Waals surface area contributed by atoms with Crippen molar-refractivity contribution in [1.82, 2.24) is 29.5 Å². The summed E-state index contributed by atoms with van der Waals surface area (Å²) in [6.07, 6.45) is 4.74. The predicted octanol–water partition coefficient (Wildman–Crippen LogP) is 2.18. The van der Waals surface area contributed by atoms with Gasteiger partial charge in [0.25, 0.3) is 0 Å². The highest BCUT2D eigenvalue weighted by Crippen LogP contribution is 2.42. The van der Waals surface area contributed by atoms with Crippen LogP contribution in [0.25, 0.3) is 0 Å². The standard InChI is InChI=1S/C20H30N6O/c1-5-25-9-6-17-18(22-13-21-17)20(25)7-10-24(11-8-20)19(27)16(4)26-15(3)12-14(2)23-26/h12-13,16H,5-11H2,1-4H3,(H,21,22). The molecule has 4 rings (SSSR count). The van der Waals surface area contributed by atoms with Crippen molar-refractivity contribution in [2.45, 2.75) is 58.5 Å². The van der Waals surface area contributed by atoms with Crippen LogP contribution in [0.3, 0.4) is 0 Å². The average Bonchev–Trinajstić information content (AvgIpc) is 3.28. The lowest BCUT2D eigenvalue weighted by atomic mass is 9.78. The molecule has 2 aromatic heterocycles. The molecule has 0 radical (unpaired) electrons. The number of imidazole rings is 1. The molecule has 0 aliphatic carbocycles. The minimum atomic E-state index is -0.262. The SMILES string of the molecule is CCN1CCc2[nH]cnc2C12CCN(C(=O)C(C)n1nc(C)cc1C)CC2. The minimum absolute atomic E-state index is 0.0272. The van der Waals surface area contributed by atoms with Crippen LogP contribution in [0.4, 0.5) is 0 Å². The monoisotopic (exact) mass is 370 g/mol. The zero-order valence-electron chi connectivity index (χ0n) is 16.8. The number of hydrogen-bond acceptors (Lipinski definition) is 4. The second-order valence-electron chi connectivity index (χ2n) is 7.96. The van der Waals surface area contributed by atoms with Crippen LogP contribution in [0.2, 0.25) is 0 Å². The number of piperidine rings is 1. The highest BCUT2D eigenvalue weighted by atomic mass is 16.2. The molecule has 0 bridgehead atoms. The van der Waals surface area contributed by atoms with Crippen molar-refractivity contribution in [3.8, 4) is 0 Å². The number of likely N-dealkylation sites (tertiary alicyclic amines) is 1. The van der Waals surface area contributed by atoms with Crippen molar-refractivity contribution in [2.24, 2.45) is 0 Å². The first-order valence-corrected chi connectivity index (χ1v) is 10.1. The predicted molar refractivity (Wildman–Crippen MR) is 103 cm³/mol. The molecule has 146 valence electrons. The van der Waals surface area contributed by atoms with E-state index >= 15 is 0 Å². The van der Waals surface area contributed by atoms with Crippen LogP contribution in [0.1, 0.15) is 55.5 Å². The maximum Gasteiger partial charge on any atom is 0.247 e. The number of fused-ring (bicyclic) bond motifs is 2. The van der Waals surface area contributed by atoms with E-state index in [1.165, 1.54) is 11.4 Å². The van der Waals surface area contributed by atoms with Gasteiger partial charge in [-0.15, -0.1) is 0 Å². The van der Waals surface area contributed by atoms with E-state index in [9.17, 15) is 4.79 Å². The summed E-state index contributed by atoms with van der Waals surface area (Å²) < 4.78 is 1.85. The molecule has 4 heterocycles. The summed E-state index contributed by atoms with van der Waals surface area (Å²) >= 11 is 0. The molecule has 27 heavy (non-hydrogen) atoms. The number of carbonyl (C=O) groups excluding carboxylic acids is 1. The lowest BCUT2D eigenvalue weighted by Crippen LogP contribution is -2.57. The number of likely N-dealkylation sites (N-methyl/N-ethyl adjacent to an activating group) is 1. The van der Waals surface area contributed by atoms with E-state index in [-0.39, 0.29) is 17.5 Å². The Balaban J connectivity index is 1.52. The summed E-state index contributed by atoms with van der Waals surface area (Å²) in [5, 5.41) is 4.50. The number of aromatic nitrogens is 4. The van der Waals surface area contributed by atoms with Crippen molar-refractivity contribution in [2.75, 3.05) is 26.2 Å². The molecule has 1 atom stereocenters. The Morgan fingerprint density at radius 1 is 1.30 bits per heavy atom. The molecule has 1 spiro atoms. The fraction of sp³-hybridized carbons (Fsp3) is 0.650. The summed E-state index contributed by atoms with van der Waals surface area (Å²) in [5.41, 5.74) is 4.44. The molecule has 0 saturated carbocycles. The van der Waals surface area contributed by atoms with Gasteiger partial charge in [-0.05, 0) is 46.2 Å². The lowest BCUT2D eigenvalue weighted by molar-refractivity contribution is -0.138. The van der Waals surface area contributed by atoms with Gasteiger partial charge in [0.1, 0.15) is 6.04 Å². The Bertz CT molecular complexity index is 829. The minimum Gasteiger partial charge on any atom is -0.348 e. The summed E-state index contributed by atoms with van der Waals surface area (Å²) in [6, 6.07) is 1.76. The van der Waals surface area contributed by atoms with Crippen LogP contribution in [0, 0.1) is 13.8 Å². The fourth-order valence-electron chi connectivity index (χ4n) is 5.04. The van der Waals surface area contributed by atoms with Gasteiger partial charge in [0, 0.05) is 37.4 Å². The van der Waals surface area contributed by atoms with Crippen LogP contribution in [0.5, 0.6) is 0 Å². The first-order valence-electron chi connectivity index (χ1n) is 10.1. The van der Waals surface area contributed by atoms with E-state index in [0.717, 1.165) is 56.8 Å². The average molecular weight is 371 g/mol. The first-order chi connectivity index (χ1) is 13.0. The topological polar surface area (TPSA) is 70.1 Å². The van der Waals surface area contributed by atoms with Crippen LogP contribution < -0.4 is 0 Å². The van der Waals surface area contributed by atoms with Crippen LogP contribution in [-0.2, 0) is 16.8 Å². The maximum absolute atomic E-state index is 13.1. The Morgan fingerprint density at radius 3 is 2.67 bits per heavy atom. The number of nitrogens with zero attached hydrogens (tertiary/aromatic N) is 5. The molecule has 7 nitrogen and oxygen atoms in total. The zero-order chi connectivity index (χ0) is 19.2. The van der Waals surface area contributed by atoms with E-state index in [0.29, 0.717) is 0 Å².